The number of phosphoric acid groups is 3. The predicted molar refractivity (Wildman–Crippen MR) is 212 cm³/mol. The first kappa shape index (κ1) is 48.9. The molecule has 2 unspecified atom stereocenters. The number of thioether (sulfide) groups is 1. The average molecular weight is 924 g/mol. The molecule has 24 nitrogen and oxygen atoms in total. The number of anilines is 1. The number of hydrogen-bond donors (Lipinski definition) is 9. The summed E-state index contributed by atoms with van der Waals surface area (Å²) in [6, 6.07) is 9.51. The van der Waals surface area contributed by atoms with Gasteiger partial charge in [0.15, 0.2) is 17.7 Å². The summed E-state index contributed by atoms with van der Waals surface area (Å²) in [5.74, 6) is -1.20. The number of aliphatic hydroxyl groups excluding tert-OH is 2. The van der Waals surface area contributed by atoms with Gasteiger partial charge in [-0.1, -0.05) is 74.2 Å². The fraction of sp³-hybridized carbons (Fsp3) is 0.438. The van der Waals surface area contributed by atoms with Crippen LogP contribution in [0.25, 0.3) is 17.2 Å². The van der Waals surface area contributed by atoms with E-state index in [9.17, 15) is 57.9 Å². The molecule has 1 fully saturated rings. The zero-order valence-corrected chi connectivity index (χ0v) is 35.3. The van der Waals surface area contributed by atoms with Crippen molar-refractivity contribution in [2.24, 2.45) is 5.41 Å². The molecular weight excluding hydrogens is 879 g/mol. The summed E-state index contributed by atoms with van der Waals surface area (Å²) in [6.07, 6.45) is -0.389. The van der Waals surface area contributed by atoms with Gasteiger partial charge in [0.1, 0.15) is 36.3 Å². The molecule has 3 aromatic rings. The number of allylic oxidation sites excluding steroid dienone is 2. The van der Waals surface area contributed by atoms with Gasteiger partial charge < -0.3 is 50.9 Å². The summed E-state index contributed by atoms with van der Waals surface area (Å²) in [6.45, 7) is 0.419. The van der Waals surface area contributed by atoms with E-state index in [0.717, 1.165) is 34.5 Å². The number of benzene rings is 1. The summed E-state index contributed by atoms with van der Waals surface area (Å²) in [4.78, 5) is 87.8. The van der Waals surface area contributed by atoms with Gasteiger partial charge in [-0.3, -0.25) is 32.5 Å². The number of nitrogen functional groups attached to an aromatic ring is 1. The lowest BCUT2D eigenvalue weighted by Gasteiger charge is -2.30. The number of amides is 2. The van der Waals surface area contributed by atoms with Gasteiger partial charge in [0.05, 0.1) is 19.5 Å². The van der Waals surface area contributed by atoms with Crippen LogP contribution in [-0.2, 0) is 50.7 Å². The lowest BCUT2D eigenvalue weighted by molar-refractivity contribution is -0.137. The second-order valence-electron chi connectivity index (χ2n) is 13.4. The molecule has 7 atom stereocenters. The number of fused-ring (bicyclic) bond motifs is 1. The molecular formula is C32H44N7O17P3S. The van der Waals surface area contributed by atoms with Gasteiger partial charge in [0.25, 0.3) is 0 Å². The zero-order chi connectivity index (χ0) is 44.3. The Kier molecular flexibility index (Phi) is 17.4. The van der Waals surface area contributed by atoms with E-state index in [0.29, 0.717) is 5.75 Å². The van der Waals surface area contributed by atoms with Crippen molar-refractivity contribution in [1.29, 1.82) is 0 Å². The molecule has 1 aliphatic rings. The number of imidazole rings is 1. The molecule has 0 bridgehead atoms. The fourth-order valence-corrected chi connectivity index (χ4v) is 8.60. The first-order valence-electron chi connectivity index (χ1n) is 17.5. The van der Waals surface area contributed by atoms with Crippen molar-refractivity contribution in [2.45, 2.75) is 50.9 Å². The average Bonchev–Trinajstić information content (AvgIpc) is 3.73. The molecule has 1 aromatic carbocycles. The number of hydrogen-bond acceptors (Lipinski definition) is 18. The van der Waals surface area contributed by atoms with Crippen LogP contribution in [-0.4, -0.2) is 123 Å². The van der Waals surface area contributed by atoms with Gasteiger partial charge in [-0.05, 0) is 11.6 Å². The van der Waals surface area contributed by atoms with E-state index in [2.05, 4.69) is 34.4 Å². The Hall–Kier alpha value is -3.74. The highest BCUT2D eigenvalue weighted by Crippen LogP contribution is 2.61. The van der Waals surface area contributed by atoms with E-state index in [-0.39, 0.29) is 41.6 Å². The van der Waals surface area contributed by atoms with Crippen LogP contribution in [0.3, 0.4) is 0 Å². The van der Waals surface area contributed by atoms with Crippen molar-refractivity contribution in [3.05, 3.63) is 66.8 Å². The molecule has 3 heterocycles. The summed E-state index contributed by atoms with van der Waals surface area (Å²) < 4.78 is 62.2. The highest BCUT2D eigenvalue weighted by Gasteiger charge is 2.50. The molecule has 2 aromatic heterocycles. The van der Waals surface area contributed by atoms with Crippen LogP contribution in [0, 0.1) is 5.41 Å². The molecule has 0 radical (unpaired) electrons. The summed E-state index contributed by atoms with van der Waals surface area (Å²) >= 11 is 0.996. The van der Waals surface area contributed by atoms with Crippen LogP contribution in [0.4, 0.5) is 5.82 Å². The number of carbonyl (C=O) groups is 3. The van der Waals surface area contributed by atoms with E-state index in [4.69, 9.17) is 19.5 Å². The minimum atomic E-state index is -5.58. The summed E-state index contributed by atoms with van der Waals surface area (Å²) in [7, 11) is -16.4. The topological polar surface area (TPSA) is 364 Å². The largest absolute Gasteiger partial charge is 0.481 e. The molecule has 330 valence electrons. The van der Waals surface area contributed by atoms with Crippen LogP contribution >= 0.6 is 35.2 Å². The molecule has 1 aliphatic heterocycles. The molecule has 0 saturated carbocycles. The molecule has 2 amide bonds. The van der Waals surface area contributed by atoms with Crippen molar-refractivity contribution in [3.8, 4) is 0 Å². The van der Waals surface area contributed by atoms with Crippen molar-refractivity contribution in [3.63, 3.8) is 0 Å². The maximum Gasteiger partial charge on any atom is 0.481 e. The maximum absolute atomic E-state index is 12.7. The van der Waals surface area contributed by atoms with Crippen molar-refractivity contribution >= 4 is 75.2 Å². The highest BCUT2D eigenvalue weighted by molar-refractivity contribution is 8.14. The number of rotatable bonds is 22. The molecule has 0 spiro atoms. The molecule has 1 saturated heterocycles. The second kappa shape index (κ2) is 21.4. The Morgan fingerprint density at radius 2 is 1.72 bits per heavy atom. The highest BCUT2D eigenvalue weighted by atomic mass is 32.2. The van der Waals surface area contributed by atoms with E-state index in [1.165, 1.54) is 19.9 Å². The van der Waals surface area contributed by atoms with Crippen molar-refractivity contribution in [1.82, 2.24) is 30.2 Å². The van der Waals surface area contributed by atoms with Crippen LogP contribution in [0.2, 0.25) is 0 Å². The standard InChI is InChI=1S/C32H44N7O17P3S/c1-32(2,27(43)30(44)35-13-12-22(40)34-14-15-60-23(41)11-7-6-10-20-8-4-3-5-9-20)17-53-59(50,51)56-58(48,49)52-16-21-26(55-57(45,46)47)25(42)31(54-21)39-19-38-24-28(33)36-18-37-29(24)39/h3-11,18-19,21,25-27,31,42-43H,12-17H2,1-2H3,(H,34,40)(H,35,44)(H,48,49)(H,50,51)(H2,33,36,37)(H2,45,46,47)/t21-,25-,26-,27+,31-/m1/s1. The smallest absolute Gasteiger partial charge is 0.386 e. The van der Waals surface area contributed by atoms with E-state index in [1.54, 1.807) is 12.2 Å². The van der Waals surface area contributed by atoms with Gasteiger partial charge >= 0.3 is 23.5 Å². The number of aromatic nitrogens is 4. The number of phosphoric ester groups is 3. The first-order chi connectivity index (χ1) is 28.1. The van der Waals surface area contributed by atoms with Crippen molar-refractivity contribution in [2.75, 3.05) is 37.8 Å². The van der Waals surface area contributed by atoms with E-state index < -0.39 is 84.6 Å². The van der Waals surface area contributed by atoms with Gasteiger partial charge in [-0.2, -0.15) is 4.31 Å². The summed E-state index contributed by atoms with van der Waals surface area (Å²) in [5.41, 5.74) is 5.23. The number of nitrogens with one attached hydrogen (secondary N) is 2. The number of aliphatic hydroxyl groups is 2. The molecule has 0 aliphatic carbocycles. The minimum Gasteiger partial charge on any atom is -0.386 e. The van der Waals surface area contributed by atoms with E-state index in [1.807, 2.05) is 36.4 Å². The van der Waals surface area contributed by atoms with Crippen LogP contribution in [0.1, 0.15) is 32.1 Å². The van der Waals surface area contributed by atoms with Crippen LogP contribution in [0.15, 0.2) is 61.2 Å². The van der Waals surface area contributed by atoms with Gasteiger partial charge in [-0.15, -0.1) is 0 Å². The normalized spacial score (nSPS) is 21.2. The Labute approximate surface area is 346 Å². The number of carbonyl (C=O) groups excluding carboxylic acids is 3. The SMILES string of the molecule is CC(C)(COP(=O)(O)OP(=O)(O)OC[C@H]1O[C@@H](n2cnc3c(N)ncnc32)[C@H](O)[C@@H]1OP(=O)(O)O)[C@@H](O)C(=O)NCCC(=O)NCCSC(=O)C=CC=Cc1ccccc1. The Balaban J connectivity index is 1.19. The Morgan fingerprint density at radius 3 is 2.42 bits per heavy atom. The Morgan fingerprint density at radius 1 is 1.02 bits per heavy atom. The molecule has 10 N–H and O–H groups in total. The third kappa shape index (κ3) is 15.0. The third-order valence-corrected chi connectivity index (χ3v) is 12.1. The summed E-state index contributed by atoms with van der Waals surface area (Å²) in [5, 5.41) is 26.2. The fourth-order valence-electron chi connectivity index (χ4n) is 5.19. The van der Waals surface area contributed by atoms with Crippen LogP contribution in [0.5, 0.6) is 0 Å². The molecule has 4 rings (SSSR count). The third-order valence-electron chi connectivity index (χ3n) is 8.18. The number of ether oxygens (including phenoxy) is 1. The van der Waals surface area contributed by atoms with Gasteiger partial charge in [-0.25, -0.2) is 28.6 Å². The predicted octanol–water partition coefficient (Wildman–Crippen LogP) is 0.934. The van der Waals surface area contributed by atoms with Crippen molar-refractivity contribution < 1.29 is 80.5 Å². The molecule has 28 heteroatoms. The quantitative estimate of drug-likeness (QED) is 0.0293. The zero-order valence-electron chi connectivity index (χ0n) is 31.8. The lowest BCUT2D eigenvalue weighted by atomic mass is 9.87. The van der Waals surface area contributed by atoms with E-state index >= 15 is 0 Å². The molecule has 60 heavy (non-hydrogen) atoms. The number of nitrogens with zero attached hydrogens (tertiary/aromatic N) is 4. The maximum atomic E-state index is 12.7. The van der Waals surface area contributed by atoms with Gasteiger partial charge in [0, 0.05) is 30.7 Å². The minimum absolute atomic E-state index is 0.0278. The monoisotopic (exact) mass is 923 g/mol. The first-order valence-corrected chi connectivity index (χ1v) is 23.0. The second-order valence-corrected chi connectivity index (χ2v) is 18.7. The lowest BCUT2D eigenvalue weighted by Crippen LogP contribution is -2.46. The van der Waals surface area contributed by atoms with Crippen LogP contribution < -0.4 is 16.4 Å². The van der Waals surface area contributed by atoms with Gasteiger partial charge in [0.2, 0.25) is 16.9 Å². The number of nitrogens with two attached hydrogens (primary N) is 1. The Bertz CT molecular complexity index is 2170.